The smallest absolute Gasteiger partial charge is 0.239 e. The average Bonchev–Trinajstić information content (AvgIpc) is 3.31. The highest BCUT2D eigenvalue weighted by Crippen LogP contribution is 2.11. The van der Waals surface area contributed by atoms with Crippen molar-refractivity contribution in [1.82, 2.24) is 20.3 Å². The Kier molecular flexibility index (Phi) is 6.59. The largest absolute Gasteiger partial charge is 0.360 e. The molecule has 0 spiro atoms. The molecule has 1 aliphatic heterocycles. The van der Waals surface area contributed by atoms with Crippen LogP contribution in [0.5, 0.6) is 0 Å². The third kappa shape index (κ3) is 5.62. The molecule has 2 aromatic heterocycles. The molecule has 1 aliphatic rings. The summed E-state index contributed by atoms with van der Waals surface area (Å²) in [6.45, 7) is 7.58. The van der Waals surface area contributed by atoms with Gasteiger partial charge in [0.15, 0.2) is 5.82 Å². The SMILES string of the molecule is Cc1cc(NC(=O)CN2CCN(C(C)C(=O)NCc3cccs3)CC2)no1. The lowest BCUT2D eigenvalue weighted by molar-refractivity contribution is -0.127. The molecule has 146 valence electrons. The van der Waals surface area contributed by atoms with E-state index in [1.54, 1.807) is 24.3 Å². The van der Waals surface area contributed by atoms with Crippen LogP contribution in [-0.2, 0) is 16.1 Å². The standard InChI is InChI=1S/C18H25N5O3S/c1-13-10-16(21-26-13)20-17(24)12-22-5-7-23(8-6-22)14(2)18(25)19-11-15-4-3-9-27-15/h3-4,9-10,14H,5-8,11-12H2,1-2H3,(H,19,25)(H,20,21,24). The van der Waals surface area contributed by atoms with Gasteiger partial charge in [-0.1, -0.05) is 11.2 Å². The van der Waals surface area contributed by atoms with Crippen LogP contribution < -0.4 is 10.6 Å². The monoisotopic (exact) mass is 391 g/mol. The van der Waals surface area contributed by atoms with Gasteiger partial charge in [0.25, 0.3) is 0 Å². The van der Waals surface area contributed by atoms with E-state index in [0.717, 1.165) is 31.1 Å². The zero-order valence-electron chi connectivity index (χ0n) is 15.6. The van der Waals surface area contributed by atoms with E-state index in [1.807, 2.05) is 24.4 Å². The minimum atomic E-state index is -0.181. The van der Waals surface area contributed by atoms with Crippen LogP contribution >= 0.6 is 11.3 Å². The maximum absolute atomic E-state index is 12.4. The molecule has 1 unspecified atom stereocenters. The van der Waals surface area contributed by atoms with Crippen LogP contribution in [0.1, 0.15) is 17.6 Å². The molecule has 3 heterocycles. The van der Waals surface area contributed by atoms with Gasteiger partial charge in [-0.15, -0.1) is 11.3 Å². The van der Waals surface area contributed by atoms with E-state index >= 15 is 0 Å². The van der Waals surface area contributed by atoms with Crippen molar-refractivity contribution < 1.29 is 14.1 Å². The number of hydrogen-bond donors (Lipinski definition) is 2. The highest BCUT2D eigenvalue weighted by Gasteiger charge is 2.26. The van der Waals surface area contributed by atoms with Gasteiger partial charge in [0, 0.05) is 37.1 Å². The van der Waals surface area contributed by atoms with E-state index in [9.17, 15) is 9.59 Å². The van der Waals surface area contributed by atoms with Gasteiger partial charge in [-0.25, -0.2) is 0 Å². The number of carbonyl (C=O) groups excluding carboxylic acids is 2. The summed E-state index contributed by atoms with van der Waals surface area (Å²) >= 11 is 1.64. The Morgan fingerprint density at radius 3 is 2.74 bits per heavy atom. The molecule has 0 saturated carbocycles. The first-order valence-corrected chi connectivity index (χ1v) is 9.89. The van der Waals surface area contributed by atoms with Crippen molar-refractivity contribution in [3.05, 3.63) is 34.2 Å². The third-order valence-corrected chi connectivity index (χ3v) is 5.49. The lowest BCUT2D eigenvalue weighted by Crippen LogP contribution is -2.54. The first kappa shape index (κ1) is 19.5. The zero-order valence-corrected chi connectivity index (χ0v) is 16.4. The molecule has 27 heavy (non-hydrogen) atoms. The van der Waals surface area contributed by atoms with Crippen LogP contribution in [0.2, 0.25) is 0 Å². The summed E-state index contributed by atoms with van der Waals surface area (Å²) in [4.78, 5) is 29.8. The second kappa shape index (κ2) is 9.12. The van der Waals surface area contributed by atoms with Gasteiger partial charge in [-0.3, -0.25) is 19.4 Å². The molecule has 1 atom stereocenters. The van der Waals surface area contributed by atoms with Crippen LogP contribution in [0.3, 0.4) is 0 Å². The predicted molar refractivity (Wildman–Crippen MR) is 104 cm³/mol. The number of hydrogen-bond acceptors (Lipinski definition) is 7. The zero-order chi connectivity index (χ0) is 19.2. The summed E-state index contributed by atoms with van der Waals surface area (Å²) < 4.78 is 4.94. The molecule has 0 bridgehead atoms. The van der Waals surface area contributed by atoms with Gasteiger partial charge >= 0.3 is 0 Å². The fraction of sp³-hybridized carbons (Fsp3) is 0.500. The van der Waals surface area contributed by atoms with Crippen molar-refractivity contribution in [3.63, 3.8) is 0 Å². The Bertz CT molecular complexity index is 753. The minimum Gasteiger partial charge on any atom is -0.360 e. The average molecular weight is 391 g/mol. The Labute approximate surface area is 162 Å². The van der Waals surface area contributed by atoms with Crippen molar-refractivity contribution in [2.45, 2.75) is 26.4 Å². The predicted octanol–water partition coefficient (Wildman–Crippen LogP) is 1.31. The van der Waals surface area contributed by atoms with Gasteiger partial charge in [0.1, 0.15) is 5.76 Å². The minimum absolute atomic E-state index is 0.0380. The lowest BCUT2D eigenvalue weighted by Gasteiger charge is -2.37. The molecule has 1 saturated heterocycles. The van der Waals surface area contributed by atoms with Gasteiger partial charge < -0.3 is 15.2 Å². The fourth-order valence-corrected chi connectivity index (χ4v) is 3.67. The first-order valence-electron chi connectivity index (χ1n) is 9.01. The number of aromatic nitrogens is 1. The summed E-state index contributed by atoms with van der Waals surface area (Å²) in [5.41, 5.74) is 0. The normalized spacial score (nSPS) is 16.8. The molecule has 2 N–H and O–H groups in total. The maximum Gasteiger partial charge on any atom is 0.239 e. The Morgan fingerprint density at radius 1 is 1.33 bits per heavy atom. The maximum atomic E-state index is 12.4. The van der Waals surface area contributed by atoms with Crippen LogP contribution in [0, 0.1) is 6.92 Å². The van der Waals surface area contributed by atoms with Gasteiger partial charge in [-0.2, -0.15) is 0 Å². The topological polar surface area (TPSA) is 90.7 Å². The van der Waals surface area contributed by atoms with Gasteiger partial charge in [-0.05, 0) is 25.3 Å². The number of piperazine rings is 1. The van der Waals surface area contributed by atoms with Crippen LogP contribution in [0.4, 0.5) is 5.82 Å². The number of rotatable bonds is 7. The Morgan fingerprint density at radius 2 is 2.11 bits per heavy atom. The van der Waals surface area contributed by atoms with E-state index < -0.39 is 0 Å². The van der Waals surface area contributed by atoms with Crippen molar-refractivity contribution >= 4 is 29.0 Å². The number of anilines is 1. The summed E-state index contributed by atoms with van der Waals surface area (Å²) in [5.74, 6) is 1.02. The van der Waals surface area contributed by atoms with Crippen LogP contribution in [-0.4, -0.2) is 65.5 Å². The number of amides is 2. The Balaban J connectivity index is 1.38. The molecular weight excluding hydrogens is 366 g/mol. The van der Waals surface area contributed by atoms with Gasteiger partial charge in [0.2, 0.25) is 11.8 Å². The number of carbonyl (C=O) groups is 2. The molecule has 0 aromatic carbocycles. The second-order valence-electron chi connectivity index (χ2n) is 6.66. The molecule has 0 radical (unpaired) electrons. The summed E-state index contributed by atoms with van der Waals surface area (Å²) in [6, 6.07) is 5.50. The van der Waals surface area contributed by atoms with Crippen molar-refractivity contribution in [3.8, 4) is 0 Å². The molecular formula is C18H25N5O3S. The summed E-state index contributed by atoms with van der Waals surface area (Å²) in [5, 5.41) is 11.5. The molecule has 2 amide bonds. The molecule has 0 aliphatic carbocycles. The highest BCUT2D eigenvalue weighted by atomic mass is 32.1. The number of aryl methyl sites for hydroxylation is 1. The van der Waals surface area contributed by atoms with Crippen LogP contribution in [0.15, 0.2) is 28.1 Å². The van der Waals surface area contributed by atoms with Crippen molar-refractivity contribution in [1.29, 1.82) is 0 Å². The van der Waals surface area contributed by atoms with Gasteiger partial charge in [0.05, 0.1) is 19.1 Å². The molecule has 8 nitrogen and oxygen atoms in total. The molecule has 2 aromatic rings. The van der Waals surface area contributed by atoms with Crippen molar-refractivity contribution in [2.75, 3.05) is 38.0 Å². The van der Waals surface area contributed by atoms with E-state index in [0.29, 0.717) is 24.7 Å². The van der Waals surface area contributed by atoms with E-state index in [2.05, 4.69) is 25.6 Å². The van der Waals surface area contributed by atoms with E-state index in [4.69, 9.17) is 4.52 Å². The molecule has 1 fully saturated rings. The lowest BCUT2D eigenvalue weighted by atomic mass is 10.2. The summed E-state index contributed by atoms with van der Waals surface area (Å²) in [7, 11) is 0. The Hall–Kier alpha value is -2.23. The number of nitrogens with zero attached hydrogens (tertiary/aromatic N) is 3. The first-order chi connectivity index (χ1) is 13.0. The molecule has 3 rings (SSSR count). The number of thiophene rings is 1. The third-order valence-electron chi connectivity index (χ3n) is 4.61. The van der Waals surface area contributed by atoms with Crippen molar-refractivity contribution in [2.24, 2.45) is 0 Å². The van der Waals surface area contributed by atoms with Crippen LogP contribution in [0.25, 0.3) is 0 Å². The fourth-order valence-electron chi connectivity index (χ4n) is 3.02. The quantitative estimate of drug-likeness (QED) is 0.740. The van der Waals surface area contributed by atoms with E-state index in [-0.39, 0.29) is 17.9 Å². The highest BCUT2D eigenvalue weighted by molar-refractivity contribution is 7.09. The number of nitrogens with one attached hydrogen (secondary N) is 2. The second-order valence-corrected chi connectivity index (χ2v) is 7.69. The molecule has 9 heteroatoms. The summed E-state index contributed by atoms with van der Waals surface area (Å²) in [6.07, 6.45) is 0. The van der Waals surface area contributed by atoms with E-state index in [1.165, 1.54) is 0 Å².